The van der Waals surface area contributed by atoms with Crippen molar-refractivity contribution in [2.45, 2.75) is 6.54 Å². The van der Waals surface area contributed by atoms with Crippen molar-refractivity contribution in [1.82, 2.24) is 25.2 Å². The highest BCUT2D eigenvalue weighted by molar-refractivity contribution is 5.38. The van der Waals surface area contributed by atoms with Gasteiger partial charge in [0.05, 0.1) is 5.69 Å². The van der Waals surface area contributed by atoms with Crippen LogP contribution in [0.3, 0.4) is 0 Å². The molecule has 94 valence electrons. The van der Waals surface area contributed by atoms with Gasteiger partial charge in [-0.15, -0.1) is 0 Å². The number of anilines is 1. The molecule has 0 saturated heterocycles. The quantitative estimate of drug-likeness (QED) is 0.765. The van der Waals surface area contributed by atoms with Gasteiger partial charge in [-0.25, -0.2) is 0 Å². The molecule has 6 nitrogen and oxygen atoms in total. The number of rotatable bonds is 4. The zero-order chi connectivity index (χ0) is 12.9. The number of para-hydroxylation sites is 1. The highest BCUT2D eigenvalue weighted by atomic mass is 15.6. The monoisotopic (exact) mass is 252 g/mol. The van der Waals surface area contributed by atoms with Crippen LogP contribution < -0.4 is 5.32 Å². The highest BCUT2D eigenvalue weighted by Crippen LogP contribution is 2.11. The molecule has 6 heteroatoms. The van der Waals surface area contributed by atoms with Crippen LogP contribution in [0.25, 0.3) is 5.69 Å². The predicted molar refractivity (Wildman–Crippen MR) is 70.7 cm³/mol. The summed E-state index contributed by atoms with van der Waals surface area (Å²) in [6.45, 7) is 0.626. The van der Waals surface area contributed by atoms with E-state index < -0.39 is 0 Å². The van der Waals surface area contributed by atoms with Crippen LogP contribution in [-0.2, 0) is 6.54 Å². The largest absolute Gasteiger partial charge is 0.349 e. The molecule has 0 fully saturated rings. The van der Waals surface area contributed by atoms with E-state index in [2.05, 4.69) is 25.8 Å². The molecule has 3 aromatic rings. The van der Waals surface area contributed by atoms with Crippen molar-refractivity contribution in [2.75, 3.05) is 5.32 Å². The van der Waals surface area contributed by atoms with Crippen molar-refractivity contribution < 1.29 is 0 Å². The molecule has 2 heterocycles. The minimum absolute atomic E-state index is 0.607. The summed E-state index contributed by atoms with van der Waals surface area (Å²) in [4.78, 5) is 4.07. The summed E-state index contributed by atoms with van der Waals surface area (Å²) < 4.78 is 1.66. The second kappa shape index (κ2) is 5.26. The Balaban J connectivity index is 1.78. The number of tetrazole rings is 1. The molecule has 0 saturated carbocycles. The fourth-order valence-electron chi connectivity index (χ4n) is 1.72. The third kappa shape index (κ3) is 2.57. The highest BCUT2D eigenvalue weighted by Gasteiger charge is 2.06. The zero-order valence-corrected chi connectivity index (χ0v) is 10.1. The minimum atomic E-state index is 0.607. The molecule has 1 N–H and O–H groups in total. The van der Waals surface area contributed by atoms with Crippen LogP contribution in [-0.4, -0.2) is 25.2 Å². The molecule has 3 rings (SSSR count). The van der Waals surface area contributed by atoms with Crippen molar-refractivity contribution in [3.63, 3.8) is 0 Å². The van der Waals surface area contributed by atoms with E-state index in [1.165, 1.54) is 0 Å². The second-order valence-corrected chi connectivity index (χ2v) is 3.96. The van der Waals surface area contributed by atoms with E-state index >= 15 is 0 Å². The molecule has 0 bridgehead atoms. The Morgan fingerprint density at radius 3 is 2.74 bits per heavy atom. The molecule has 0 aliphatic rings. The first-order valence-corrected chi connectivity index (χ1v) is 5.90. The third-order valence-corrected chi connectivity index (χ3v) is 2.64. The zero-order valence-electron chi connectivity index (χ0n) is 10.1. The predicted octanol–water partition coefficient (Wildman–Crippen LogP) is 1.67. The van der Waals surface area contributed by atoms with E-state index in [4.69, 9.17) is 0 Å². The van der Waals surface area contributed by atoms with E-state index in [1.54, 1.807) is 10.9 Å². The number of benzene rings is 1. The fraction of sp³-hybridized carbons (Fsp3) is 0.0769. The molecule has 0 unspecified atom stereocenters. The molecule has 0 aliphatic carbocycles. The topological polar surface area (TPSA) is 68.5 Å². The van der Waals surface area contributed by atoms with Crippen molar-refractivity contribution >= 4 is 5.95 Å². The SMILES string of the molecule is c1ccc(-n2nnnc2NCc2cccnc2)cc1. The van der Waals surface area contributed by atoms with Crippen LogP contribution in [0, 0.1) is 0 Å². The Morgan fingerprint density at radius 1 is 1.05 bits per heavy atom. The minimum Gasteiger partial charge on any atom is -0.349 e. The summed E-state index contributed by atoms with van der Waals surface area (Å²) in [6, 6.07) is 13.6. The molecular weight excluding hydrogens is 240 g/mol. The van der Waals surface area contributed by atoms with Gasteiger partial charge in [0, 0.05) is 18.9 Å². The van der Waals surface area contributed by atoms with Gasteiger partial charge in [-0.3, -0.25) is 4.98 Å². The lowest BCUT2D eigenvalue weighted by atomic mass is 10.3. The number of nitrogens with one attached hydrogen (secondary N) is 1. The fourth-order valence-corrected chi connectivity index (χ4v) is 1.72. The summed E-state index contributed by atoms with van der Waals surface area (Å²) in [5, 5.41) is 14.8. The van der Waals surface area contributed by atoms with Gasteiger partial charge in [0.25, 0.3) is 0 Å². The van der Waals surface area contributed by atoms with E-state index in [9.17, 15) is 0 Å². The lowest BCUT2D eigenvalue weighted by Gasteiger charge is -2.06. The number of hydrogen-bond acceptors (Lipinski definition) is 5. The molecule has 19 heavy (non-hydrogen) atoms. The first kappa shape index (κ1) is 11.3. The normalized spacial score (nSPS) is 10.3. The Hall–Kier alpha value is -2.76. The maximum absolute atomic E-state index is 4.07. The van der Waals surface area contributed by atoms with Gasteiger partial charge < -0.3 is 5.32 Å². The van der Waals surface area contributed by atoms with E-state index in [1.807, 2.05) is 48.7 Å². The smallest absolute Gasteiger partial charge is 0.248 e. The summed E-state index contributed by atoms with van der Waals surface area (Å²) >= 11 is 0. The van der Waals surface area contributed by atoms with Crippen LogP contribution in [0.2, 0.25) is 0 Å². The van der Waals surface area contributed by atoms with E-state index in [0.717, 1.165) is 11.3 Å². The van der Waals surface area contributed by atoms with Crippen molar-refractivity contribution in [2.24, 2.45) is 0 Å². The molecule has 2 aromatic heterocycles. The molecule has 0 spiro atoms. The standard InChI is InChI=1S/C13H12N6/c1-2-6-12(7-3-1)19-13(16-17-18-19)15-10-11-5-4-8-14-9-11/h1-9H,10H2,(H,15,16,18). The van der Waals surface area contributed by atoms with Gasteiger partial charge in [-0.2, -0.15) is 4.68 Å². The van der Waals surface area contributed by atoms with Crippen LogP contribution in [0.4, 0.5) is 5.95 Å². The van der Waals surface area contributed by atoms with Crippen molar-refractivity contribution in [1.29, 1.82) is 0 Å². The van der Waals surface area contributed by atoms with Crippen molar-refractivity contribution in [3.8, 4) is 5.69 Å². The van der Waals surface area contributed by atoms with Gasteiger partial charge in [-0.05, 0) is 34.2 Å². The number of pyridine rings is 1. The third-order valence-electron chi connectivity index (χ3n) is 2.64. The van der Waals surface area contributed by atoms with Crippen LogP contribution >= 0.6 is 0 Å². The Kier molecular flexibility index (Phi) is 3.14. The Morgan fingerprint density at radius 2 is 1.95 bits per heavy atom. The lowest BCUT2D eigenvalue weighted by molar-refractivity contribution is 0.789. The first-order chi connectivity index (χ1) is 9.43. The second-order valence-electron chi connectivity index (χ2n) is 3.96. The average molecular weight is 252 g/mol. The maximum Gasteiger partial charge on any atom is 0.248 e. The van der Waals surface area contributed by atoms with Gasteiger partial charge >= 0.3 is 0 Å². The maximum atomic E-state index is 4.07. The number of nitrogens with zero attached hydrogens (tertiary/aromatic N) is 5. The van der Waals surface area contributed by atoms with E-state index in [0.29, 0.717) is 12.5 Å². The van der Waals surface area contributed by atoms with Gasteiger partial charge in [0.15, 0.2) is 0 Å². The van der Waals surface area contributed by atoms with Gasteiger partial charge in [0.1, 0.15) is 0 Å². The summed E-state index contributed by atoms with van der Waals surface area (Å²) in [7, 11) is 0. The van der Waals surface area contributed by atoms with Crippen LogP contribution in [0.5, 0.6) is 0 Å². The first-order valence-electron chi connectivity index (χ1n) is 5.90. The number of hydrogen-bond donors (Lipinski definition) is 1. The average Bonchev–Trinajstić information content (AvgIpc) is 2.95. The summed E-state index contributed by atoms with van der Waals surface area (Å²) in [6.07, 6.45) is 3.56. The van der Waals surface area contributed by atoms with Crippen LogP contribution in [0.1, 0.15) is 5.56 Å². The van der Waals surface area contributed by atoms with Gasteiger partial charge in [-0.1, -0.05) is 29.4 Å². The van der Waals surface area contributed by atoms with Crippen molar-refractivity contribution in [3.05, 3.63) is 60.4 Å². The Bertz CT molecular complexity index is 635. The molecular formula is C13H12N6. The molecule has 0 aliphatic heterocycles. The molecule has 0 radical (unpaired) electrons. The summed E-state index contributed by atoms with van der Waals surface area (Å²) in [5.74, 6) is 0.607. The number of aromatic nitrogens is 5. The summed E-state index contributed by atoms with van der Waals surface area (Å²) in [5.41, 5.74) is 1.99. The van der Waals surface area contributed by atoms with Gasteiger partial charge in [0.2, 0.25) is 5.95 Å². The molecule has 1 aromatic carbocycles. The lowest BCUT2D eigenvalue weighted by Crippen LogP contribution is -2.07. The van der Waals surface area contributed by atoms with Crippen LogP contribution in [0.15, 0.2) is 54.9 Å². The van der Waals surface area contributed by atoms with E-state index in [-0.39, 0.29) is 0 Å². The molecule has 0 atom stereocenters. The Labute approximate surface area is 110 Å². The molecule has 0 amide bonds.